The fourth-order valence-corrected chi connectivity index (χ4v) is 3.07. The lowest BCUT2D eigenvalue weighted by Crippen LogP contribution is -2.37. The molecule has 0 aromatic heterocycles. The van der Waals surface area contributed by atoms with Gasteiger partial charge in [0.15, 0.2) is 0 Å². The number of halogens is 1. The van der Waals surface area contributed by atoms with Gasteiger partial charge in [-0.1, -0.05) is 41.9 Å². The Morgan fingerprint density at radius 1 is 1.08 bits per heavy atom. The van der Waals surface area contributed by atoms with Gasteiger partial charge in [0.05, 0.1) is 6.26 Å². The van der Waals surface area contributed by atoms with Crippen molar-refractivity contribution in [1.29, 1.82) is 0 Å². The van der Waals surface area contributed by atoms with E-state index >= 15 is 0 Å². The monoisotopic (exact) mass is 366 g/mol. The van der Waals surface area contributed by atoms with Crippen molar-refractivity contribution in [2.24, 2.45) is 0 Å². The molecule has 1 N–H and O–H groups in total. The first-order valence-corrected chi connectivity index (χ1v) is 9.62. The molecule has 0 fully saturated rings. The lowest BCUT2D eigenvalue weighted by atomic mass is 10.2. The average Bonchev–Trinajstić information content (AvgIpc) is 2.55. The van der Waals surface area contributed by atoms with E-state index in [4.69, 9.17) is 11.6 Å². The normalized spacial score (nSPS) is 11.5. The van der Waals surface area contributed by atoms with Gasteiger partial charge in [-0.2, -0.15) is 4.31 Å². The third-order valence-corrected chi connectivity index (χ3v) is 4.93. The summed E-state index contributed by atoms with van der Waals surface area (Å²) in [6.07, 6.45) is 1.15. The van der Waals surface area contributed by atoms with E-state index in [1.54, 1.807) is 48.5 Å². The molecule has 1 amide bonds. The number of nitrogens with one attached hydrogen (secondary N) is 1. The number of hydrogen-bond acceptors (Lipinski definition) is 3. The quantitative estimate of drug-likeness (QED) is 0.818. The zero-order valence-electron chi connectivity index (χ0n) is 13.3. The number of benzene rings is 2. The van der Waals surface area contributed by atoms with E-state index in [0.29, 0.717) is 10.6 Å². The van der Waals surface area contributed by atoms with Gasteiger partial charge in [-0.25, -0.2) is 8.42 Å². The predicted octanol–water partition coefficient (Wildman–Crippen LogP) is 2.53. The molecule has 0 spiro atoms. The first-order valence-electron chi connectivity index (χ1n) is 7.39. The van der Waals surface area contributed by atoms with Crippen molar-refractivity contribution in [3.05, 3.63) is 70.7 Å². The average molecular weight is 367 g/mol. The van der Waals surface area contributed by atoms with Crippen molar-refractivity contribution in [1.82, 2.24) is 9.62 Å². The number of carbonyl (C=O) groups is 1. The molecule has 128 valence electrons. The molecule has 24 heavy (non-hydrogen) atoms. The highest BCUT2D eigenvalue weighted by atomic mass is 35.5. The molecule has 0 aliphatic heterocycles. The Bertz CT molecular complexity index is 777. The summed E-state index contributed by atoms with van der Waals surface area (Å²) in [4.78, 5) is 12.0. The molecule has 5 nitrogen and oxygen atoms in total. The summed E-state index contributed by atoms with van der Waals surface area (Å²) in [7, 11) is -3.39. The molecule has 7 heteroatoms. The van der Waals surface area contributed by atoms with Gasteiger partial charge in [0.25, 0.3) is 5.91 Å². The molecule has 0 saturated heterocycles. The zero-order valence-corrected chi connectivity index (χ0v) is 14.8. The Balaban J connectivity index is 1.95. The Morgan fingerprint density at radius 3 is 2.29 bits per heavy atom. The second-order valence-electron chi connectivity index (χ2n) is 5.34. The van der Waals surface area contributed by atoms with Crippen LogP contribution in [0.5, 0.6) is 0 Å². The first kappa shape index (κ1) is 18.4. The smallest absolute Gasteiger partial charge is 0.251 e. The summed E-state index contributed by atoms with van der Waals surface area (Å²) >= 11 is 5.84. The Kier molecular flexibility index (Phi) is 6.36. The second-order valence-corrected chi connectivity index (χ2v) is 7.76. The molecule has 0 bridgehead atoms. The van der Waals surface area contributed by atoms with E-state index in [1.807, 2.05) is 6.07 Å². The minimum Gasteiger partial charge on any atom is -0.351 e. The molecular formula is C17H19ClN2O3S. The van der Waals surface area contributed by atoms with E-state index in [-0.39, 0.29) is 25.5 Å². The van der Waals surface area contributed by atoms with Gasteiger partial charge in [-0.3, -0.25) is 4.79 Å². The van der Waals surface area contributed by atoms with E-state index in [0.717, 1.165) is 11.8 Å². The summed E-state index contributed by atoms with van der Waals surface area (Å²) in [6.45, 7) is 0.658. The maximum absolute atomic E-state index is 12.0. The van der Waals surface area contributed by atoms with E-state index < -0.39 is 10.0 Å². The van der Waals surface area contributed by atoms with Crippen LogP contribution < -0.4 is 5.32 Å². The van der Waals surface area contributed by atoms with Crippen LogP contribution in [0.15, 0.2) is 54.6 Å². The predicted molar refractivity (Wildman–Crippen MR) is 95.5 cm³/mol. The molecule has 2 aromatic rings. The Hall–Kier alpha value is -1.89. The number of hydrogen-bond donors (Lipinski definition) is 1. The lowest BCUT2D eigenvalue weighted by molar-refractivity contribution is 0.0951. The summed E-state index contributed by atoms with van der Waals surface area (Å²) in [5.41, 5.74) is 1.38. The number of nitrogens with zero attached hydrogens (tertiary/aromatic N) is 1. The van der Waals surface area contributed by atoms with Crippen molar-refractivity contribution >= 4 is 27.5 Å². The number of rotatable bonds is 7. The molecular weight excluding hydrogens is 348 g/mol. The van der Waals surface area contributed by atoms with Crippen molar-refractivity contribution < 1.29 is 13.2 Å². The summed E-state index contributed by atoms with van der Waals surface area (Å²) in [6, 6.07) is 15.8. The van der Waals surface area contributed by atoms with E-state index in [9.17, 15) is 13.2 Å². The van der Waals surface area contributed by atoms with Crippen molar-refractivity contribution in [3.8, 4) is 0 Å². The van der Waals surface area contributed by atoms with Crippen molar-refractivity contribution in [2.45, 2.75) is 6.54 Å². The van der Waals surface area contributed by atoms with Gasteiger partial charge in [0, 0.05) is 30.2 Å². The first-order chi connectivity index (χ1) is 11.4. The third kappa shape index (κ3) is 5.63. The van der Waals surface area contributed by atoms with Crippen molar-refractivity contribution in [3.63, 3.8) is 0 Å². The lowest BCUT2D eigenvalue weighted by Gasteiger charge is -2.20. The van der Waals surface area contributed by atoms with E-state index in [2.05, 4.69) is 5.32 Å². The van der Waals surface area contributed by atoms with Crippen LogP contribution in [0.4, 0.5) is 0 Å². The van der Waals surface area contributed by atoms with Gasteiger partial charge in [-0.15, -0.1) is 0 Å². The number of sulfonamides is 1. The van der Waals surface area contributed by atoms with Gasteiger partial charge >= 0.3 is 0 Å². The largest absolute Gasteiger partial charge is 0.351 e. The van der Waals surface area contributed by atoms with Crippen LogP contribution in [-0.2, 0) is 16.6 Å². The van der Waals surface area contributed by atoms with Gasteiger partial charge in [0.1, 0.15) is 0 Å². The SMILES string of the molecule is CS(=O)(=O)N(CCNC(=O)c1ccccc1)Cc1ccc(Cl)cc1. The van der Waals surface area contributed by atoms with E-state index in [1.165, 1.54) is 4.31 Å². The summed E-state index contributed by atoms with van der Waals surface area (Å²) in [5, 5.41) is 3.33. The maximum atomic E-state index is 12.0. The Labute approximate surface area is 147 Å². The van der Waals surface area contributed by atoms with Crippen LogP contribution in [0, 0.1) is 0 Å². The van der Waals surface area contributed by atoms with Gasteiger partial charge in [0.2, 0.25) is 10.0 Å². The van der Waals surface area contributed by atoms with Crippen LogP contribution in [0.25, 0.3) is 0 Å². The molecule has 0 unspecified atom stereocenters. The van der Waals surface area contributed by atoms with Crippen LogP contribution in [-0.4, -0.2) is 38.0 Å². The molecule has 0 aliphatic carbocycles. The maximum Gasteiger partial charge on any atom is 0.251 e. The molecule has 0 aliphatic rings. The highest BCUT2D eigenvalue weighted by molar-refractivity contribution is 7.88. The van der Waals surface area contributed by atoms with Crippen molar-refractivity contribution in [2.75, 3.05) is 19.3 Å². The topological polar surface area (TPSA) is 66.5 Å². The van der Waals surface area contributed by atoms with Gasteiger partial charge < -0.3 is 5.32 Å². The summed E-state index contributed by atoms with van der Waals surface area (Å²) < 4.78 is 25.2. The molecule has 0 heterocycles. The van der Waals surface area contributed by atoms with Crippen LogP contribution in [0.2, 0.25) is 5.02 Å². The third-order valence-electron chi connectivity index (χ3n) is 3.42. The number of carbonyl (C=O) groups excluding carboxylic acids is 1. The fraction of sp³-hybridized carbons (Fsp3) is 0.235. The molecule has 0 atom stereocenters. The highest BCUT2D eigenvalue weighted by Gasteiger charge is 2.17. The highest BCUT2D eigenvalue weighted by Crippen LogP contribution is 2.13. The fourth-order valence-electron chi connectivity index (χ4n) is 2.14. The summed E-state index contributed by atoms with van der Waals surface area (Å²) in [5.74, 6) is -0.226. The van der Waals surface area contributed by atoms with Crippen LogP contribution >= 0.6 is 11.6 Å². The second kappa shape index (κ2) is 8.28. The minimum atomic E-state index is -3.39. The molecule has 0 radical (unpaired) electrons. The molecule has 2 rings (SSSR count). The Morgan fingerprint density at radius 2 is 1.71 bits per heavy atom. The number of amides is 1. The molecule has 2 aromatic carbocycles. The minimum absolute atomic E-state index is 0.194. The van der Waals surface area contributed by atoms with Crippen LogP contribution in [0.3, 0.4) is 0 Å². The standard InChI is InChI=1S/C17H19ClN2O3S/c1-24(22,23)20(13-14-7-9-16(18)10-8-14)12-11-19-17(21)15-5-3-2-4-6-15/h2-10H,11-13H2,1H3,(H,19,21). The molecule has 0 saturated carbocycles. The van der Waals surface area contributed by atoms with Gasteiger partial charge in [-0.05, 0) is 29.8 Å². The van der Waals surface area contributed by atoms with Crippen LogP contribution in [0.1, 0.15) is 15.9 Å². The zero-order chi connectivity index (χ0) is 17.6.